The van der Waals surface area contributed by atoms with Gasteiger partial charge >= 0.3 is 0 Å². The Morgan fingerprint density at radius 3 is 2.77 bits per heavy atom. The number of aryl methyl sites for hydroxylation is 1. The molecule has 4 aliphatic carbocycles. The molecule has 0 saturated heterocycles. The summed E-state index contributed by atoms with van der Waals surface area (Å²) < 4.78 is 1.93. The molecule has 1 heterocycles. The van der Waals surface area contributed by atoms with Crippen molar-refractivity contribution in [2.24, 2.45) is 47.0 Å². The first-order chi connectivity index (χ1) is 14.1. The number of aromatic nitrogens is 2. The number of nitrogens with zero attached hydrogens (tertiary/aromatic N) is 2. The number of carbonyl (C=O) groups is 1. The lowest BCUT2D eigenvalue weighted by Gasteiger charge is -2.61. The lowest BCUT2D eigenvalue weighted by atomic mass is 9.44. The SMILES string of the molecule is CCC(=O)[C@@]1(C)[C@H](C)C[C@H]2[C@@H]3CCC4=Cc5nn(C)cc5C[C@]4(C)[C@H]3[C@@H](O)C[C@@]21C. The van der Waals surface area contributed by atoms with Crippen molar-refractivity contribution in [3.05, 3.63) is 23.0 Å². The largest absolute Gasteiger partial charge is 0.393 e. The van der Waals surface area contributed by atoms with Crippen molar-refractivity contribution in [3.8, 4) is 0 Å². The van der Waals surface area contributed by atoms with Crippen LogP contribution in [0.25, 0.3) is 6.08 Å². The van der Waals surface area contributed by atoms with Crippen LogP contribution >= 0.6 is 0 Å². The van der Waals surface area contributed by atoms with E-state index < -0.39 is 0 Å². The van der Waals surface area contributed by atoms with E-state index in [1.54, 1.807) is 0 Å². The van der Waals surface area contributed by atoms with Crippen LogP contribution in [0.5, 0.6) is 0 Å². The van der Waals surface area contributed by atoms with Gasteiger partial charge in [-0.25, -0.2) is 0 Å². The van der Waals surface area contributed by atoms with E-state index in [1.165, 1.54) is 11.1 Å². The van der Waals surface area contributed by atoms with Gasteiger partial charge in [-0.3, -0.25) is 9.48 Å². The van der Waals surface area contributed by atoms with E-state index in [0.29, 0.717) is 30.0 Å². The van der Waals surface area contributed by atoms with Gasteiger partial charge in [-0.1, -0.05) is 40.2 Å². The number of aliphatic hydroxyl groups is 1. The molecule has 164 valence electrons. The second-order valence-electron chi connectivity index (χ2n) is 11.6. The smallest absolute Gasteiger partial charge is 0.139 e. The van der Waals surface area contributed by atoms with Crippen LogP contribution in [0, 0.1) is 39.9 Å². The van der Waals surface area contributed by atoms with Gasteiger partial charge in [-0.05, 0) is 78.2 Å². The van der Waals surface area contributed by atoms with Gasteiger partial charge in [0.25, 0.3) is 0 Å². The molecule has 0 aromatic carbocycles. The molecule has 0 unspecified atom stereocenters. The van der Waals surface area contributed by atoms with Crippen molar-refractivity contribution in [2.45, 2.75) is 79.2 Å². The minimum atomic E-state index is -0.350. The highest BCUT2D eigenvalue weighted by Crippen LogP contribution is 2.71. The van der Waals surface area contributed by atoms with Crippen LogP contribution in [-0.2, 0) is 18.3 Å². The minimum absolute atomic E-state index is 0.00328. The zero-order valence-corrected chi connectivity index (χ0v) is 19.5. The minimum Gasteiger partial charge on any atom is -0.393 e. The number of hydrogen-bond donors (Lipinski definition) is 1. The Morgan fingerprint density at radius 1 is 1.33 bits per heavy atom. The van der Waals surface area contributed by atoms with E-state index in [2.05, 4.69) is 45.1 Å². The summed E-state index contributed by atoms with van der Waals surface area (Å²) in [4.78, 5) is 13.2. The second kappa shape index (κ2) is 6.31. The lowest BCUT2D eigenvalue weighted by Crippen LogP contribution is -2.59. The summed E-state index contributed by atoms with van der Waals surface area (Å²) in [5.41, 5.74) is 3.49. The molecule has 8 atom stereocenters. The van der Waals surface area contributed by atoms with Crippen LogP contribution in [0.3, 0.4) is 0 Å². The van der Waals surface area contributed by atoms with Gasteiger partial charge in [-0.2, -0.15) is 5.10 Å². The first-order valence-corrected chi connectivity index (χ1v) is 12.0. The molecule has 1 N–H and O–H groups in total. The van der Waals surface area contributed by atoms with E-state index in [9.17, 15) is 9.90 Å². The van der Waals surface area contributed by atoms with Gasteiger partial charge in [0.1, 0.15) is 5.78 Å². The molecular formula is C26H38N2O2. The number of ketones is 1. The van der Waals surface area contributed by atoms with Crippen molar-refractivity contribution < 1.29 is 9.90 Å². The molecule has 4 heteroatoms. The summed E-state index contributed by atoms with van der Waals surface area (Å²) >= 11 is 0. The van der Waals surface area contributed by atoms with Gasteiger partial charge < -0.3 is 5.11 Å². The Balaban J connectivity index is 1.56. The Hall–Kier alpha value is -1.42. The zero-order chi connectivity index (χ0) is 21.6. The van der Waals surface area contributed by atoms with E-state index in [0.717, 1.165) is 37.8 Å². The summed E-state index contributed by atoms with van der Waals surface area (Å²) in [6.07, 6.45) is 9.81. The molecule has 0 amide bonds. The Labute approximate surface area is 181 Å². The van der Waals surface area contributed by atoms with Crippen LogP contribution in [0.2, 0.25) is 0 Å². The summed E-state index contributed by atoms with van der Waals surface area (Å²) in [7, 11) is 2.00. The molecule has 3 fully saturated rings. The van der Waals surface area contributed by atoms with Crippen LogP contribution in [0.15, 0.2) is 11.8 Å². The van der Waals surface area contributed by atoms with Crippen LogP contribution in [0.4, 0.5) is 0 Å². The molecule has 0 aliphatic heterocycles. The quantitative estimate of drug-likeness (QED) is 0.762. The van der Waals surface area contributed by atoms with E-state index in [4.69, 9.17) is 0 Å². The number of hydrogen-bond acceptors (Lipinski definition) is 3. The van der Waals surface area contributed by atoms with Gasteiger partial charge in [0.05, 0.1) is 11.8 Å². The highest BCUT2D eigenvalue weighted by molar-refractivity contribution is 5.86. The van der Waals surface area contributed by atoms with Crippen molar-refractivity contribution in [1.29, 1.82) is 0 Å². The Kier molecular flexibility index (Phi) is 4.31. The predicted molar refractivity (Wildman–Crippen MR) is 119 cm³/mol. The maximum atomic E-state index is 13.2. The number of allylic oxidation sites excluding steroid dienone is 1. The fourth-order valence-corrected chi connectivity index (χ4v) is 8.83. The maximum absolute atomic E-state index is 13.2. The third kappa shape index (κ3) is 2.32. The highest BCUT2D eigenvalue weighted by Gasteiger charge is 2.68. The van der Waals surface area contributed by atoms with Crippen molar-refractivity contribution >= 4 is 11.9 Å². The first-order valence-electron chi connectivity index (χ1n) is 12.0. The second-order valence-corrected chi connectivity index (χ2v) is 11.6. The van der Waals surface area contributed by atoms with Crippen LogP contribution in [-0.4, -0.2) is 26.8 Å². The Bertz CT molecular complexity index is 931. The van der Waals surface area contributed by atoms with Gasteiger partial charge in [0.2, 0.25) is 0 Å². The summed E-state index contributed by atoms with van der Waals surface area (Å²) in [5.74, 6) is 2.07. The van der Waals surface area contributed by atoms with E-state index in [1.807, 2.05) is 18.7 Å². The molecule has 4 nitrogen and oxygen atoms in total. The average molecular weight is 411 g/mol. The van der Waals surface area contributed by atoms with E-state index in [-0.39, 0.29) is 28.3 Å². The summed E-state index contributed by atoms with van der Waals surface area (Å²) in [6, 6.07) is 0. The van der Waals surface area contributed by atoms with Gasteiger partial charge in [-0.15, -0.1) is 0 Å². The number of fused-ring (bicyclic) bond motifs is 6. The van der Waals surface area contributed by atoms with E-state index >= 15 is 0 Å². The van der Waals surface area contributed by atoms with Crippen molar-refractivity contribution in [3.63, 3.8) is 0 Å². The fourth-order valence-electron chi connectivity index (χ4n) is 8.83. The molecule has 0 spiro atoms. The molecule has 4 aliphatic rings. The molecule has 3 saturated carbocycles. The van der Waals surface area contributed by atoms with Crippen LogP contribution < -0.4 is 0 Å². The number of carbonyl (C=O) groups excluding carboxylic acids is 1. The summed E-state index contributed by atoms with van der Waals surface area (Å²) in [5, 5.41) is 16.3. The number of Topliss-reactive ketones (excluding diaryl/α,β-unsaturated/α-hetero) is 1. The average Bonchev–Trinajstić information content (AvgIpc) is 3.13. The van der Waals surface area contributed by atoms with Gasteiger partial charge in [0, 0.05) is 25.1 Å². The third-order valence-electron chi connectivity index (χ3n) is 10.5. The standard InChI is InChI=1S/C26H38N2O2/c1-7-22(30)26(5)15(2)10-19-18-9-8-17-11-20-16(14-28(6)27-20)12-24(17,3)23(18)21(29)13-25(19,26)4/h11,14-15,18-19,21,23,29H,7-10,12-13H2,1-6H3/t15-,18+,19+,21+,23-,24+,25+,26-/m1/s1. The van der Waals surface area contributed by atoms with Crippen molar-refractivity contribution in [2.75, 3.05) is 0 Å². The molecule has 1 aromatic heterocycles. The lowest BCUT2D eigenvalue weighted by molar-refractivity contribution is -0.158. The maximum Gasteiger partial charge on any atom is 0.139 e. The predicted octanol–water partition coefficient (Wildman–Crippen LogP) is 4.80. The number of rotatable bonds is 2. The molecule has 0 bridgehead atoms. The highest BCUT2D eigenvalue weighted by atomic mass is 16.3. The molecule has 5 rings (SSSR count). The monoisotopic (exact) mass is 410 g/mol. The molecule has 30 heavy (non-hydrogen) atoms. The third-order valence-corrected chi connectivity index (χ3v) is 10.5. The first kappa shape index (κ1) is 20.5. The van der Waals surface area contributed by atoms with Gasteiger partial charge in [0.15, 0.2) is 0 Å². The van der Waals surface area contributed by atoms with Crippen LogP contribution in [0.1, 0.15) is 78.0 Å². The summed E-state index contributed by atoms with van der Waals surface area (Å²) in [6.45, 7) is 11.2. The Morgan fingerprint density at radius 2 is 2.07 bits per heavy atom. The number of aliphatic hydroxyl groups excluding tert-OH is 1. The fraction of sp³-hybridized carbons (Fsp3) is 0.769. The van der Waals surface area contributed by atoms with Crippen molar-refractivity contribution in [1.82, 2.24) is 9.78 Å². The zero-order valence-electron chi connectivity index (χ0n) is 19.5. The normalized spacial score (nSPS) is 47.0. The molecular weight excluding hydrogens is 372 g/mol. The topological polar surface area (TPSA) is 55.1 Å². The molecule has 0 radical (unpaired) electrons. The molecule has 1 aromatic rings.